The third-order valence-electron chi connectivity index (χ3n) is 6.00. The number of benzene rings is 2. The van der Waals surface area contributed by atoms with Crippen molar-refractivity contribution in [1.82, 2.24) is 4.98 Å². The van der Waals surface area contributed by atoms with Crippen LogP contribution in [-0.2, 0) is 11.2 Å². The van der Waals surface area contributed by atoms with E-state index in [1.54, 1.807) is 18.2 Å². The van der Waals surface area contributed by atoms with E-state index in [2.05, 4.69) is 16.4 Å². The number of hydrogen-bond acceptors (Lipinski definition) is 7. The number of nitro groups is 1. The van der Waals surface area contributed by atoms with Crippen LogP contribution in [0.1, 0.15) is 18.4 Å². The van der Waals surface area contributed by atoms with E-state index in [1.807, 2.05) is 22.4 Å². The molecular formula is C23H22N4O4S. The number of piperidine rings is 1. The minimum Gasteiger partial charge on any atom is -0.493 e. The van der Waals surface area contributed by atoms with Crippen molar-refractivity contribution in [2.75, 3.05) is 29.9 Å². The van der Waals surface area contributed by atoms with Gasteiger partial charge in [-0.1, -0.05) is 12.1 Å². The largest absolute Gasteiger partial charge is 0.493 e. The Balaban J connectivity index is 1.20. The second kappa shape index (κ2) is 8.58. The van der Waals surface area contributed by atoms with Crippen molar-refractivity contribution in [1.29, 1.82) is 0 Å². The molecule has 1 N–H and O–H groups in total. The van der Waals surface area contributed by atoms with E-state index in [0.29, 0.717) is 43.4 Å². The number of nitrogens with one attached hydrogen (secondary N) is 1. The lowest BCUT2D eigenvalue weighted by Gasteiger charge is -2.32. The lowest BCUT2D eigenvalue weighted by atomic mass is 9.95. The van der Waals surface area contributed by atoms with Gasteiger partial charge in [0.15, 0.2) is 5.13 Å². The third-order valence-corrected chi connectivity index (χ3v) is 6.76. The number of fused-ring (bicyclic) bond motifs is 1. The number of nitro benzene ring substituents is 1. The number of amides is 1. The predicted octanol–water partition coefficient (Wildman–Crippen LogP) is 4.51. The van der Waals surface area contributed by atoms with Gasteiger partial charge in [0.1, 0.15) is 11.4 Å². The van der Waals surface area contributed by atoms with E-state index in [9.17, 15) is 14.9 Å². The van der Waals surface area contributed by atoms with Crippen molar-refractivity contribution < 1.29 is 14.5 Å². The van der Waals surface area contributed by atoms with E-state index in [-0.39, 0.29) is 22.4 Å². The summed E-state index contributed by atoms with van der Waals surface area (Å²) in [6.07, 6.45) is 2.18. The number of ether oxygens (including phenoxy) is 1. The van der Waals surface area contributed by atoms with Gasteiger partial charge in [-0.2, -0.15) is 0 Å². The van der Waals surface area contributed by atoms with E-state index in [1.165, 1.54) is 23.0 Å². The summed E-state index contributed by atoms with van der Waals surface area (Å²) in [5.74, 6) is 0.749. The Morgan fingerprint density at radius 1 is 1.22 bits per heavy atom. The standard InChI is InChI=1S/C23H22N4O4S/c28-22(15-7-10-26(11-8-15)19-3-1-2-4-20(19)27(29)30)25-23-24-18(14-32-23)16-5-6-21-17(13-16)9-12-31-21/h1-6,13-15H,7-12H2,(H,24,25,28). The van der Waals surface area contributed by atoms with Gasteiger partial charge in [-0.3, -0.25) is 14.9 Å². The van der Waals surface area contributed by atoms with Crippen molar-refractivity contribution >= 4 is 33.8 Å². The monoisotopic (exact) mass is 450 g/mol. The Labute approximate surface area is 189 Å². The molecule has 9 heteroatoms. The van der Waals surface area contributed by atoms with Crippen LogP contribution in [0.15, 0.2) is 47.8 Å². The molecule has 3 aromatic rings. The van der Waals surface area contributed by atoms with Gasteiger partial charge in [-0.05, 0) is 42.7 Å². The Kier molecular flexibility index (Phi) is 5.48. The van der Waals surface area contributed by atoms with E-state index in [0.717, 1.165) is 23.4 Å². The zero-order valence-electron chi connectivity index (χ0n) is 17.3. The minimum atomic E-state index is -0.359. The Bertz CT molecular complexity index is 1170. The molecule has 32 heavy (non-hydrogen) atoms. The second-order valence-corrected chi connectivity index (χ2v) is 8.81. The molecule has 0 aliphatic carbocycles. The van der Waals surface area contributed by atoms with Gasteiger partial charge >= 0.3 is 0 Å². The Hall–Kier alpha value is -3.46. The fourth-order valence-corrected chi connectivity index (χ4v) is 5.01. The molecule has 8 nitrogen and oxygen atoms in total. The molecule has 0 spiro atoms. The average Bonchev–Trinajstić information content (AvgIpc) is 3.48. The zero-order valence-corrected chi connectivity index (χ0v) is 18.1. The fourth-order valence-electron chi connectivity index (χ4n) is 4.29. The first-order chi connectivity index (χ1) is 15.6. The van der Waals surface area contributed by atoms with Crippen molar-refractivity contribution in [3.05, 3.63) is 63.5 Å². The maximum absolute atomic E-state index is 12.8. The number of carbonyl (C=O) groups is 1. The summed E-state index contributed by atoms with van der Waals surface area (Å²) in [5.41, 5.74) is 3.76. The summed E-state index contributed by atoms with van der Waals surface area (Å²) in [6, 6.07) is 12.8. The highest BCUT2D eigenvalue weighted by Crippen LogP contribution is 2.33. The summed E-state index contributed by atoms with van der Waals surface area (Å²) in [4.78, 5) is 30.3. The maximum Gasteiger partial charge on any atom is 0.292 e. The van der Waals surface area contributed by atoms with E-state index in [4.69, 9.17) is 4.74 Å². The van der Waals surface area contributed by atoms with Crippen LogP contribution in [0.3, 0.4) is 0 Å². The quantitative estimate of drug-likeness (QED) is 0.454. The van der Waals surface area contributed by atoms with Crippen LogP contribution in [0.2, 0.25) is 0 Å². The second-order valence-electron chi connectivity index (χ2n) is 7.96. The van der Waals surface area contributed by atoms with Crippen LogP contribution < -0.4 is 15.0 Å². The summed E-state index contributed by atoms with van der Waals surface area (Å²) < 4.78 is 5.56. The minimum absolute atomic E-state index is 0.0459. The molecule has 0 saturated carbocycles. The molecule has 1 aromatic heterocycles. The molecule has 5 rings (SSSR count). The lowest BCUT2D eigenvalue weighted by molar-refractivity contribution is -0.384. The van der Waals surface area contributed by atoms with Crippen LogP contribution in [0.5, 0.6) is 5.75 Å². The smallest absolute Gasteiger partial charge is 0.292 e. The molecule has 0 bridgehead atoms. The molecular weight excluding hydrogens is 428 g/mol. The predicted molar refractivity (Wildman–Crippen MR) is 123 cm³/mol. The normalized spacial score (nSPS) is 15.8. The SMILES string of the molecule is O=C(Nc1nc(-c2ccc3c(c2)CCO3)cs1)C1CCN(c2ccccc2[N+](=O)[O-])CC1. The van der Waals surface area contributed by atoms with Gasteiger partial charge in [0, 0.05) is 42.4 Å². The van der Waals surface area contributed by atoms with Gasteiger partial charge in [-0.15, -0.1) is 11.3 Å². The number of aromatic nitrogens is 1. The molecule has 164 valence electrons. The molecule has 1 amide bonds. The van der Waals surface area contributed by atoms with Crippen molar-refractivity contribution in [3.63, 3.8) is 0 Å². The highest BCUT2D eigenvalue weighted by atomic mass is 32.1. The topological polar surface area (TPSA) is 97.6 Å². The van der Waals surface area contributed by atoms with Gasteiger partial charge < -0.3 is 15.0 Å². The molecule has 2 aromatic carbocycles. The van der Waals surface area contributed by atoms with Crippen LogP contribution in [-0.4, -0.2) is 35.5 Å². The Morgan fingerprint density at radius 2 is 2.03 bits per heavy atom. The summed E-state index contributed by atoms with van der Waals surface area (Å²) in [6.45, 7) is 1.92. The average molecular weight is 451 g/mol. The number of hydrogen-bond donors (Lipinski definition) is 1. The van der Waals surface area contributed by atoms with Gasteiger partial charge in [0.2, 0.25) is 5.91 Å². The molecule has 0 unspecified atom stereocenters. The first-order valence-corrected chi connectivity index (χ1v) is 11.5. The number of thiazole rings is 1. The molecule has 3 heterocycles. The molecule has 0 atom stereocenters. The van der Waals surface area contributed by atoms with Crippen LogP contribution in [0.25, 0.3) is 11.3 Å². The summed E-state index contributed by atoms with van der Waals surface area (Å²) in [5, 5.41) is 16.8. The zero-order chi connectivity index (χ0) is 22.1. The van der Waals surface area contributed by atoms with Crippen molar-refractivity contribution in [3.8, 4) is 17.0 Å². The highest BCUT2D eigenvalue weighted by Gasteiger charge is 2.28. The van der Waals surface area contributed by atoms with Gasteiger partial charge in [0.05, 0.1) is 17.2 Å². The number of nitrogens with zero attached hydrogens (tertiary/aromatic N) is 3. The Morgan fingerprint density at radius 3 is 2.84 bits per heavy atom. The molecule has 1 saturated heterocycles. The number of para-hydroxylation sites is 2. The summed E-state index contributed by atoms with van der Waals surface area (Å²) in [7, 11) is 0. The molecule has 2 aliphatic rings. The lowest BCUT2D eigenvalue weighted by Crippen LogP contribution is -2.38. The number of rotatable bonds is 5. The molecule has 2 aliphatic heterocycles. The maximum atomic E-state index is 12.8. The fraction of sp³-hybridized carbons (Fsp3) is 0.304. The first-order valence-electron chi connectivity index (χ1n) is 10.6. The van der Waals surface area contributed by atoms with Crippen molar-refractivity contribution in [2.24, 2.45) is 5.92 Å². The first kappa shape index (κ1) is 20.4. The van der Waals surface area contributed by atoms with Crippen LogP contribution in [0, 0.1) is 16.0 Å². The van der Waals surface area contributed by atoms with Gasteiger partial charge in [-0.25, -0.2) is 4.98 Å². The van der Waals surface area contributed by atoms with Crippen molar-refractivity contribution in [2.45, 2.75) is 19.3 Å². The van der Waals surface area contributed by atoms with Crippen LogP contribution in [0.4, 0.5) is 16.5 Å². The molecule has 1 fully saturated rings. The summed E-state index contributed by atoms with van der Waals surface area (Å²) >= 11 is 1.41. The van der Waals surface area contributed by atoms with E-state index >= 15 is 0 Å². The number of anilines is 2. The number of carbonyl (C=O) groups excluding carboxylic acids is 1. The van der Waals surface area contributed by atoms with Crippen LogP contribution >= 0.6 is 11.3 Å². The van der Waals surface area contributed by atoms with Gasteiger partial charge in [0.25, 0.3) is 5.69 Å². The molecule has 0 radical (unpaired) electrons. The third kappa shape index (κ3) is 4.03. The highest BCUT2D eigenvalue weighted by molar-refractivity contribution is 7.14. The van der Waals surface area contributed by atoms with E-state index < -0.39 is 0 Å².